The van der Waals surface area contributed by atoms with Crippen LogP contribution < -0.4 is 16.4 Å². The van der Waals surface area contributed by atoms with Gasteiger partial charge in [-0.05, 0) is 25.0 Å². The Bertz CT molecular complexity index is 696. The van der Waals surface area contributed by atoms with Gasteiger partial charge in [0.2, 0.25) is 11.8 Å². The molecule has 1 aliphatic rings. The van der Waals surface area contributed by atoms with Gasteiger partial charge in [0.05, 0.1) is 13.1 Å². The van der Waals surface area contributed by atoms with Gasteiger partial charge in [-0.25, -0.2) is 4.98 Å². The molecule has 3 rings (SSSR count). The first kappa shape index (κ1) is 16.3. The van der Waals surface area contributed by atoms with Gasteiger partial charge in [0.15, 0.2) is 11.5 Å². The first-order valence-corrected chi connectivity index (χ1v) is 6.83. The van der Waals surface area contributed by atoms with Crippen molar-refractivity contribution >= 4 is 41.0 Å². The third-order valence-corrected chi connectivity index (χ3v) is 3.25. The van der Waals surface area contributed by atoms with E-state index in [-0.39, 0.29) is 37.3 Å². The summed E-state index contributed by atoms with van der Waals surface area (Å²) in [5, 5.41) is 5.09. The number of anilines is 1. The molecule has 0 spiro atoms. The molecular weight excluding hydrogens is 308 g/mol. The molecule has 1 aliphatic carbocycles. The first-order valence-electron chi connectivity index (χ1n) is 6.83. The zero-order valence-corrected chi connectivity index (χ0v) is 12.6. The Morgan fingerprint density at radius 1 is 1.32 bits per heavy atom. The second-order valence-electron chi connectivity index (χ2n) is 5.04. The minimum atomic E-state index is -0.370. The Labute approximate surface area is 133 Å². The lowest BCUT2D eigenvalue weighted by Gasteiger charge is -2.05. The van der Waals surface area contributed by atoms with Gasteiger partial charge in [0.1, 0.15) is 5.52 Å². The molecule has 1 heterocycles. The number of amides is 2. The number of carbonyl (C=O) groups excluding carboxylic acids is 2. The number of halogens is 1. The van der Waals surface area contributed by atoms with Gasteiger partial charge in [0, 0.05) is 17.7 Å². The summed E-state index contributed by atoms with van der Waals surface area (Å²) in [5.74, 6) is 0.522. The fraction of sp³-hybridized carbons (Fsp3) is 0.357. The smallest absolute Gasteiger partial charge is 0.243 e. The zero-order valence-electron chi connectivity index (χ0n) is 11.8. The second-order valence-corrected chi connectivity index (χ2v) is 5.04. The minimum Gasteiger partial charge on any atom is -0.440 e. The molecule has 2 aromatic rings. The zero-order chi connectivity index (χ0) is 14.8. The molecule has 0 radical (unpaired) electrons. The number of nitrogens with zero attached hydrogens (tertiary/aromatic N) is 1. The highest BCUT2D eigenvalue weighted by Crippen LogP contribution is 2.40. The van der Waals surface area contributed by atoms with Crippen LogP contribution >= 0.6 is 12.4 Å². The van der Waals surface area contributed by atoms with E-state index in [1.807, 2.05) is 0 Å². The Kier molecular flexibility index (Phi) is 4.99. The van der Waals surface area contributed by atoms with Gasteiger partial charge in [-0.15, -0.1) is 12.4 Å². The van der Waals surface area contributed by atoms with Crippen LogP contribution in [0.4, 0.5) is 5.69 Å². The molecule has 1 fully saturated rings. The third-order valence-electron chi connectivity index (χ3n) is 3.25. The molecule has 2 amide bonds. The fourth-order valence-electron chi connectivity index (χ4n) is 1.98. The highest BCUT2D eigenvalue weighted by molar-refractivity contribution is 5.96. The van der Waals surface area contributed by atoms with Crippen LogP contribution in [0.2, 0.25) is 0 Å². The van der Waals surface area contributed by atoms with Gasteiger partial charge in [-0.3, -0.25) is 9.59 Å². The van der Waals surface area contributed by atoms with Crippen LogP contribution in [-0.2, 0) is 9.59 Å². The maximum absolute atomic E-state index is 11.7. The average molecular weight is 325 g/mol. The molecule has 4 N–H and O–H groups in total. The van der Waals surface area contributed by atoms with Crippen molar-refractivity contribution in [1.82, 2.24) is 10.3 Å². The van der Waals surface area contributed by atoms with Crippen molar-refractivity contribution in [2.75, 3.05) is 18.4 Å². The van der Waals surface area contributed by atoms with Gasteiger partial charge in [0.25, 0.3) is 0 Å². The van der Waals surface area contributed by atoms with E-state index < -0.39 is 0 Å². The molecule has 1 aromatic carbocycles. The van der Waals surface area contributed by atoms with Crippen LogP contribution in [0.3, 0.4) is 0 Å². The van der Waals surface area contributed by atoms with E-state index in [2.05, 4.69) is 15.6 Å². The topological polar surface area (TPSA) is 110 Å². The van der Waals surface area contributed by atoms with E-state index in [1.54, 1.807) is 18.2 Å². The van der Waals surface area contributed by atoms with Gasteiger partial charge >= 0.3 is 0 Å². The molecule has 0 saturated heterocycles. The van der Waals surface area contributed by atoms with E-state index in [0.29, 0.717) is 17.2 Å². The minimum absolute atomic E-state index is 0. The van der Waals surface area contributed by atoms with Crippen molar-refractivity contribution in [3.8, 4) is 0 Å². The molecule has 0 aliphatic heterocycles. The Morgan fingerprint density at radius 3 is 2.77 bits per heavy atom. The summed E-state index contributed by atoms with van der Waals surface area (Å²) in [6, 6.07) is 5.29. The number of nitrogens with one attached hydrogen (secondary N) is 2. The number of hydrogen-bond donors (Lipinski definition) is 3. The fourth-order valence-corrected chi connectivity index (χ4v) is 1.98. The number of fused-ring (bicyclic) bond motifs is 1. The van der Waals surface area contributed by atoms with Crippen molar-refractivity contribution in [2.24, 2.45) is 5.73 Å². The molecule has 0 bridgehead atoms. The Morgan fingerprint density at radius 2 is 2.09 bits per heavy atom. The number of rotatable bonds is 5. The van der Waals surface area contributed by atoms with E-state index >= 15 is 0 Å². The van der Waals surface area contributed by atoms with E-state index in [0.717, 1.165) is 24.2 Å². The lowest BCUT2D eigenvalue weighted by molar-refractivity contribution is -0.123. The van der Waals surface area contributed by atoms with E-state index in [1.165, 1.54) is 0 Å². The summed E-state index contributed by atoms with van der Waals surface area (Å²) in [4.78, 5) is 27.1. The van der Waals surface area contributed by atoms with Crippen LogP contribution in [0.1, 0.15) is 24.7 Å². The number of aromatic nitrogens is 1. The molecule has 22 heavy (non-hydrogen) atoms. The number of carbonyl (C=O) groups is 2. The molecule has 118 valence electrons. The van der Waals surface area contributed by atoms with Gasteiger partial charge in [-0.1, -0.05) is 0 Å². The standard InChI is InChI=1S/C14H16N4O3.ClH/c15-6-12(19)16-7-13(20)17-9-3-4-10-11(5-9)21-14(18-10)8-1-2-8;/h3-5,8H,1-2,6-7,15H2,(H,16,19)(H,17,20);1H. The summed E-state index contributed by atoms with van der Waals surface area (Å²) in [5.41, 5.74) is 7.18. The highest BCUT2D eigenvalue weighted by Gasteiger charge is 2.28. The predicted molar refractivity (Wildman–Crippen MR) is 83.9 cm³/mol. The maximum atomic E-state index is 11.7. The molecular formula is C14H17ClN4O3. The normalized spacial score (nSPS) is 13.5. The largest absolute Gasteiger partial charge is 0.440 e. The van der Waals surface area contributed by atoms with Gasteiger partial charge in [-0.2, -0.15) is 0 Å². The lowest BCUT2D eigenvalue weighted by atomic mass is 10.3. The summed E-state index contributed by atoms with van der Waals surface area (Å²) >= 11 is 0. The van der Waals surface area contributed by atoms with Crippen molar-refractivity contribution in [3.05, 3.63) is 24.1 Å². The highest BCUT2D eigenvalue weighted by atomic mass is 35.5. The van der Waals surface area contributed by atoms with Crippen LogP contribution in [0.25, 0.3) is 11.1 Å². The predicted octanol–water partition coefficient (Wildman–Crippen LogP) is 1.14. The molecule has 1 aromatic heterocycles. The average Bonchev–Trinajstić information content (AvgIpc) is 3.24. The number of benzene rings is 1. The van der Waals surface area contributed by atoms with E-state index in [9.17, 15) is 9.59 Å². The van der Waals surface area contributed by atoms with Crippen molar-refractivity contribution < 1.29 is 14.0 Å². The van der Waals surface area contributed by atoms with Crippen LogP contribution in [-0.4, -0.2) is 29.9 Å². The van der Waals surface area contributed by atoms with Crippen molar-refractivity contribution in [2.45, 2.75) is 18.8 Å². The molecule has 0 unspecified atom stereocenters. The lowest BCUT2D eigenvalue weighted by Crippen LogP contribution is -2.36. The molecule has 0 atom stereocenters. The summed E-state index contributed by atoms with van der Waals surface area (Å²) in [7, 11) is 0. The van der Waals surface area contributed by atoms with E-state index in [4.69, 9.17) is 10.2 Å². The maximum Gasteiger partial charge on any atom is 0.243 e. The number of oxazole rings is 1. The van der Waals surface area contributed by atoms with Crippen molar-refractivity contribution in [1.29, 1.82) is 0 Å². The molecule has 1 saturated carbocycles. The molecule has 7 nitrogen and oxygen atoms in total. The molecule has 8 heteroatoms. The Balaban J connectivity index is 0.00000176. The third kappa shape index (κ3) is 3.75. The Hall–Kier alpha value is -2.12. The van der Waals surface area contributed by atoms with Crippen LogP contribution in [0, 0.1) is 0 Å². The van der Waals surface area contributed by atoms with Crippen LogP contribution in [0.15, 0.2) is 22.6 Å². The second kappa shape index (κ2) is 6.76. The van der Waals surface area contributed by atoms with Gasteiger partial charge < -0.3 is 20.8 Å². The van der Waals surface area contributed by atoms with Crippen molar-refractivity contribution in [3.63, 3.8) is 0 Å². The summed E-state index contributed by atoms with van der Waals surface area (Å²) < 4.78 is 5.68. The monoisotopic (exact) mass is 324 g/mol. The number of hydrogen-bond acceptors (Lipinski definition) is 5. The summed E-state index contributed by atoms with van der Waals surface area (Å²) in [6.07, 6.45) is 2.24. The first-order chi connectivity index (χ1) is 10.2. The van der Waals surface area contributed by atoms with Crippen LogP contribution in [0.5, 0.6) is 0 Å². The summed E-state index contributed by atoms with van der Waals surface area (Å²) in [6.45, 7) is -0.251. The SMILES string of the molecule is Cl.NCC(=O)NCC(=O)Nc1ccc2nc(C3CC3)oc2c1. The number of nitrogens with two attached hydrogens (primary N) is 1. The quantitative estimate of drug-likeness (QED) is 0.764.